The zero-order chi connectivity index (χ0) is 18.7. The Kier molecular flexibility index (Phi) is 9.43. The molecule has 6 nitrogen and oxygen atoms in total. The summed E-state index contributed by atoms with van der Waals surface area (Å²) >= 11 is 0. The van der Waals surface area contributed by atoms with Gasteiger partial charge in [-0.25, -0.2) is 0 Å². The molecule has 1 amide bonds. The van der Waals surface area contributed by atoms with Crippen LogP contribution in [0.25, 0.3) is 0 Å². The number of carbonyl (C=O) groups excluding carboxylic acids is 2. The Labute approximate surface area is 150 Å². The van der Waals surface area contributed by atoms with Crippen molar-refractivity contribution < 1.29 is 23.8 Å². The molecule has 0 bridgehead atoms. The fourth-order valence-electron chi connectivity index (χ4n) is 2.31. The van der Waals surface area contributed by atoms with E-state index >= 15 is 0 Å². The van der Waals surface area contributed by atoms with E-state index in [2.05, 4.69) is 6.92 Å². The maximum Gasteiger partial charge on any atom is 0.310 e. The maximum absolute atomic E-state index is 12.5. The highest BCUT2D eigenvalue weighted by atomic mass is 16.5. The lowest BCUT2D eigenvalue weighted by Gasteiger charge is -2.25. The van der Waals surface area contributed by atoms with Crippen molar-refractivity contribution in [1.82, 2.24) is 4.90 Å². The fraction of sp³-hybridized carbons (Fsp3) is 0.579. The van der Waals surface area contributed by atoms with Crippen LogP contribution in [0.5, 0.6) is 11.5 Å². The average Bonchev–Trinajstić information content (AvgIpc) is 2.63. The molecule has 0 fully saturated rings. The first-order valence-electron chi connectivity index (χ1n) is 8.73. The Morgan fingerprint density at radius 2 is 1.68 bits per heavy atom. The normalized spacial score (nSPS) is 11.5. The van der Waals surface area contributed by atoms with E-state index in [1.54, 1.807) is 36.1 Å². The lowest BCUT2D eigenvalue weighted by Crippen LogP contribution is -2.40. The van der Waals surface area contributed by atoms with Crippen LogP contribution in [0.3, 0.4) is 0 Å². The van der Waals surface area contributed by atoms with Crippen LogP contribution in [-0.4, -0.2) is 50.2 Å². The highest BCUT2D eigenvalue weighted by Crippen LogP contribution is 2.17. The Balaban J connectivity index is 2.59. The standard InChI is InChI=1S/C19H29NO5/c1-5-7-12-20(13-15(3)19(22)23-4)18(21)14-25-17-10-8-16(9-11-17)24-6-2/h8-11,15H,5-7,12-14H2,1-4H3. The van der Waals surface area contributed by atoms with E-state index < -0.39 is 0 Å². The fourth-order valence-corrected chi connectivity index (χ4v) is 2.31. The molecule has 6 heteroatoms. The predicted octanol–water partition coefficient (Wildman–Crippen LogP) is 2.90. The summed E-state index contributed by atoms with van der Waals surface area (Å²) in [7, 11) is 1.35. The molecule has 1 aromatic rings. The van der Waals surface area contributed by atoms with Gasteiger partial charge in [-0.3, -0.25) is 9.59 Å². The lowest BCUT2D eigenvalue weighted by molar-refractivity contribution is -0.146. The van der Waals surface area contributed by atoms with Gasteiger partial charge in [0.25, 0.3) is 5.91 Å². The summed E-state index contributed by atoms with van der Waals surface area (Å²) in [5.41, 5.74) is 0. The quantitative estimate of drug-likeness (QED) is 0.574. The highest BCUT2D eigenvalue weighted by molar-refractivity contribution is 5.79. The van der Waals surface area contributed by atoms with Crippen LogP contribution in [0.1, 0.15) is 33.6 Å². The van der Waals surface area contributed by atoms with Gasteiger partial charge in [-0.05, 0) is 37.6 Å². The van der Waals surface area contributed by atoms with Crippen molar-refractivity contribution >= 4 is 11.9 Å². The summed E-state index contributed by atoms with van der Waals surface area (Å²) in [6.07, 6.45) is 1.85. The lowest BCUT2D eigenvalue weighted by atomic mass is 10.1. The number of unbranched alkanes of at least 4 members (excludes halogenated alkanes) is 1. The summed E-state index contributed by atoms with van der Waals surface area (Å²) in [5, 5.41) is 0. The molecule has 25 heavy (non-hydrogen) atoms. The molecular formula is C19H29NO5. The molecule has 1 aromatic carbocycles. The number of carbonyl (C=O) groups is 2. The van der Waals surface area contributed by atoms with E-state index in [0.29, 0.717) is 25.4 Å². The number of hydrogen-bond donors (Lipinski definition) is 0. The molecule has 1 unspecified atom stereocenters. The van der Waals surface area contributed by atoms with Gasteiger partial charge in [-0.15, -0.1) is 0 Å². The van der Waals surface area contributed by atoms with Gasteiger partial charge in [-0.1, -0.05) is 20.3 Å². The number of methoxy groups -OCH3 is 1. The summed E-state index contributed by atoms with van der Waals surface area (Å²) < 4.78 is 15.7. The third kappa shape index (κ3) is 7.45. The number of hydrogen-bond acceptors (Lipinski definition) is 5. The van der Waals surface area contributed by atoms with E-state index in [-0.39, 0.29) is 24.4 Å². The molecule has 0 saturated carbocycles. The first-order valence-corrected chi connectivity index (χ1v) is 8.73. The molecule has 0 heterocycles. The first-order chi connectivity index (χ1) is 12.0. The Bertz CT molecular complexity index is 529. The summed E-state index contributed by atoms with van der Waals surface area (Å²) in [4.78, 5) is 25.7. The molecule has 140 valence electrons. The number of benzene rings is 1. The van der Waals surface area contributed by atoms with E-state index in [4.69, 9.17) is 14.2 Å². The van der Waals surface area contributed by atoms with Crippen molar-refractivity contribution in [2.24, 2.45) is 5.92 Å². The van der Waals surface area contributed by atoms with E-state index in [1.807, 2.05) is 6.92 Å². The van der Waals surface area contributed by atoms with Crippen LogP contribution < -0.4 is 9.47 Å². The molecule has 0 aliphatic heterocycles. The van der Waals surface area contributed by atoms with Gasteiger partial charge in [0.2, 0.25) is 0 Å². The monoisotopic (exact) mass is 351 g/mol. The second-order valence-corrected chi connectivity index (χ2v) is 5.81. The molecule has 0 saturated heterocycles. The van der Waals surface area contributed by atoms with Crippen LogP contribution in [0.15, 0.2) is 24.3 Å². The molecule has 0 N–H and O–H groups in total. The van der Waals surface area contributed by atoms with Crippen molar-refractivity contribution in [1.29, 1.82) is 0 Å². The minimum Gasteiger partial charge on any atom is -0.494 e. The highest BCUT2D eigenvalue weighted by Gasteiger charge is 2.21. The van der Waals surface area contributed by atoms with Crippen LogP contribution in [0.2, 0.25) is 0 Å². The van der Waals surface area contributed by atoms with Crippen molar-refractivity contribution in [3.8, 4) is 11.5 Å². The molecule has 0 aromatic heterocycles. The van der Waals surface area contributed by atoms with Crippen molar-refractivity contribution in [3.05, 3.63) is 24.3 Å². The van der Waals surface area contributed by atoms with Crippen molar-refractivity contribution in [2.45, 2.75) is 33.6 Å². The summed E-state index contributed by atoms with van der Waals surface area (Å²) in [6.45, 7) is 7.20. The van der Waals surface area contributed by atoms with E-state index in [0.717, 1.165) is 18.6 Å². The second-order valence-electron chi connectivity index (χ2n) is 5.81. The Hall–Kier alpha value is -2.24. The van der Waals surface area contributed by atoms with Crippen LogP contribution in [0, 0.1) is 5.92 Å². The average molecular weight is 351 g/mol. The summed E-state index contributed by atoms with van der Waals surface area (Å²) in [5.74, 6) is 0.544. The zero-order valence-corrected chi connectivity index (χ0v) is 15.6. The van der Waals surface area contributed by atoms with E-state index in [9.17, 15) is 9.59 Å². The SMILES string of the molecule is CCCCN(CC(C)C(=O)OC)C(=O)COc1ccc(OCC)cc1. The summed E-state index contributed by atoms with van der Waals surface area (Å²) in [6, 6.07) is 7.15. The number of nitrogens with zero attached hydrogens (tertiary/aromatic N) is 1. The topological polar surface area (TPSA) is 65.1 Å². The van der Waals surface area contributed by atoms with Gasteiger partial charge in [0.1, 0.15) is 11.5 Å². The van der Waals surface area contributed by atoms with Gasteiger partial charge in [0.15, 0.2) is 6.61 Å². The molecule has 0 spiro atoms. The number of amides is 1. The predicted molar refractivity (Wildman–Crippen MR) is 95.8 cm³/mol. The smallest absolute Gasteiger partial charge is 0.310 e. The zero-order valence-electron chi connectivity index (χ0n) is 15.6. The third-order valence-electron chi connectivity index (χ3n) is 3.73. The molecule has 0 radical (unpaired) electrons. The van der Waals surface area contributed by atoms with Gasteiger partial charge in [0.05, 0.1) is 19.6 Å². The van der Waals surface area contributed by atoms with Crippen molar-refractivity contribution in [2.75, 3.05) is 33.4 Å². The Morgan fingerprint density at radius 1 is 1.08 bits per heavy atom. The van der Waals surface area contributed by atoms with Gasteiger partial charge in [0, 0.05) is 13.1 Å². The Morgan fingerprint density at radius 3 is 2.20 bits per heavy atom. The molecule has 1 rings (SSSR count). The second kappa shape index (κ2) is 11.3. The van der Waals surface area contributed by atoms with Gasteiger partial charge < -0.3 is 19.1 Å². The largest absolute Gasteiger partial charge is 0.494 e. The van der Waals surface area contributed by atoms with E-state index in [1.165, 1.54) is 7.11 Å². The van der Waals surface area contributed by atoms with Crippen molar-refractivity contribution in [3.63, 3.8) is 0 Å². The molecular weight excluding hydrogens is 322 g/mol. The number of ether oxygens (including phenoxy) is 3. The van der Waals surface area contributed by atoms with Crippen LogP contribution >= 0.6 is 0 Å². The van der Waals surface area contributed by atoms with Crippen LogP contribution in [-0.2, 0) is 14.3 Å². The minimum absolute atomic E-state index is 0.0639. The van der Waals surface area contributed by atoms with Gasteiger partial charge >= 0.3 is 5.97 Å². The molecule has 0 aliphatic rings. The number of rotatable bonds is 11. The molecule has 1 atom stereocenters. The van der Waals surface area contributed by atoms with Gasteiger partial charge in [-0.2, -0.15) is 0 Å². The minimum atomic E-state index is -0.365. The maximum atomic E-state index is 12.5. The van der Waals surface area contributed by atoms with Crippen LogP contribution in [0.4, 0.5) is 0 Å². The third-order valence-corrected chi connectivity index (χ3v) is 3.73. The molecule has 0 aliphatic carbocycles. The number of esters is 1. The first kappa shape index (κ1) is 20.8.